The van der Waals surface area contributed by atoms with E-state index in [0.29, 0.717) is 12.1 Å². The highest BCUT2D eigenvalue weighted by Gasteiger charge is 2.80. The molecule has 3 amide bonds. The zero-order valence-electron chi connectivity index (χ0n) is 21.8. The molecule has 3 aliphatic heterocycles. The molecule has 2 bridgehead atoms. The predicted molar refractivity (Wildman–Crippen MR) is 133 cm³/mol. The lowest BCUT2D eigenvalue weighted by Gasteiger charge is -2.39. The summed E-state index contributed by atoms with van der Waals surface area (Å²) in [4.78, 5) is 42.9. The van der Waals surface area contributed by atoms with Gasteiger partial charge in [-0.3, -0.25) is 14.4 Å². The van der Waals surface area contributed by atoms with E-state index in [4.69, 9.17) is 4.74 Å². The molecule has 1 aromatic rings. The quantitative estimate of drug-likeness (QED) is 0.550. The summed E-state index contributed by atoms with van der Waals surface area (Å²) >= 11 is 0. The molecule has 3 fully saturated rings. The minimum atomic E-state index is -1.13. The number of hydrogen-bond acceptors (Lipinski definition) is 5. The number of ether oxygens (including phenoxy) is 1. The van der Waals surface area contributed by atoms with Crippen LogP contribution in [0.1, 0.15) is 51.7 Å². The Morgan fingerprint density at radius 3 is 2.43 bits per heavy atom. The molecule has 0 saturated carbocycles. The summed E-state index contributed by atoms with van der Waals surface area (Å²) in [7, 11) is 1.56. The number of fused-ring (bicyclic) bond motifs is 1. The minimum absolute atomic E-state index is 0.0273. The van der Waals surface area contributed by atoms with Gasteiger partial charge in [-0.1, -0.05) is 45.4 Å². The van der Waals surface area contributed by atoms with E-state index in [1.165, 1.54) is 0 Å². The maximum atomic E-state index is 14.1. The number of aryl methyl sites for hydroxylation is 2. The molecule has 0 radical (unpaired) electrons. The first-order valence-corrected chi connectivity index (χ1v) is 12.7. The van der Waals surface area contributed by atoms with Crippen LogP contribution in [0.2, 0.25) is 0 Å². The van der Waals surface area contributed by atoms with Crippen LogP contribution >= 0.6 is 0 Å². The summed E-state index contributed by atoms with van der Waals surface area (Å²) < 4.78 is 6.69. The Morgan fingerprint density at radius 2 is 1.89 bits per heavy atom. The summed E-state index contributed by atoms with van der Waals surface area (Å²) in [6, 6.07) is 4.28. The standard InChI is InChI=1S/C27H39N3O5/c1-8-14(2)18(13-31)30-22(24(33)29-21-15(3)10-9-11-16(21)4)27-12-17(5)26(6,35-27)19(23(32)28-7)20(27)25(30)34/h9-11,14,17-20,22,31H,8,12-13H2,1-7H3,(H,28,32)(H,29,33)/t14-,17?,18-,19-,20-,22?,26+,27?/m0/s1. The van der Waals surface area contributed by atoms with E-state index in [-0.39, 0.29) is 36.2 Å². The van der Waals surface area contributed by atoms with Gasteiger partial charge in [-0.15, -0.1) is 0 Å². The van der Waals surface area contributed by atoms with Crippen molar-refractivity contribution in [1.82, 2.24) is 10.2 Å². The molecule has 1 aromatic carbocycles. The number of likely N-dealkylation sites (tertiary alicyclic amines) is 1. The van der Waals surface area contributed by atoms with Gasteiger partial charge in [-0.05, 0) is 50.2 Å². The van der Waals surface area contributed by atoms with E-state index in [0.717, 1.165) is 17.5 Å². The van der Waals surface area contributed by atoms with Crippen LogP contribution < -0.4 is 10.6 Å². The van der Waals surface area contributed by atoms with Crippen LogP contribution in [0.15, 0.2) is 18.2 Å². The molecular weight excluding hydrogens is 446 g/mol. The minimum Gasteiger partial charge on any atom is -0.394 e. The molecule has 0 aromatic heterocycles. The van der Waals surface area contributed by atoms with Crippen molar-refractivity contribution in [2.75, 3.05) is 19.0 Å². The second-order valence-corrected chi connectivity index (χ2v) is 11.0. The number of nitrogens with one attached hydrogen (secondary N) is 2. The van der Waals surface area contributed by atoms with E-state index >= 15 is 0 Å². The number of amides is 3. The number of carbonyl (C=O) groups is 3. The number of aliphatic hydroxyl groups excluding tert-OH is 1. The number of hydrogen-bond donors (Lipinski definition) is 3. The highest BCUT2D eigenvalue weighted by atomic mass is 16.5. The molecule has 8 atom stereocenters. The van der Waals surface area contributed by atoms with Gasteiger partial charge in [0.05, 0.1) is 30.1 Å². The topological polar surface area (TPSA) is 108 Å². The smallest absolute Gasteiger partial charge is 0.250 e. The molecule has 3 N–H and O–H groups in total. The normalized spacial score (nSPS) is 35.1. The molecule has 4 rings (SSSR count). The molecule has 0 aliphatic carbocycles. The average molecular weight is 486 g/mol. The van der Waals surface area contributed by atoms with Crippen molar-refractivity contribution in [3.8, 4) is 0 Å². The highest BCUT2D eigenvalue weighted by molar-refractivity contribution is 6.04. The Balaban J connectivity index is 1.86. The van der Waals surface area contributed by atoms with Crippen LogP contribution in [0.5, 0.6) is 0 Å². The average Bonchev–Trinajstić information content (AvgIpc) is 3.33. The molecule has 1 spiro atoms. The SMILES string of the molecule is CC[C@H](C)[C@H](CO)N1C(=O)[C@@H]2[C@@H](C(=O)NC)[C@]3(C)OC2(CC3C)C1C(=O)Nc1c(C)cccc1C. The van der Waals surface area contributed by atoms with Crippen LogP contribution in [-0.2, 0) is 19.1 Å². The van der Waals surface area contributed by atoms with Crippen molar-refractivity contribution in [3.05, 3.63) is 29.3 Å². The first-order valence-electron chi connectivity index (χ1n) is 12.7. The molecule has 192 valence electrons. The van der Waals surface area contributed by atoms with Gasteiger partial charge in [-0.25, -0.2) is 0 Å². The Morgan fingerprint density at radius 1 is 1.26 bits per heavy atom. The van der Waals surface area contributed by atoms with Gasteiger partial charge >= 0.3 is 0 Å². The summed E-state index contributed by atoms with van der Waals surface area (Å²) in [6.45, 7) is 11.5. The maximum Gasteiger partial charge on any atom is 0.250 e. The Labute approximate surface area is 207 Å². The zero-order valence-corrected chi connectivity index (χ0v) is 21.8. The van der Waals surface area contributed by atoms with E-state index in [1.54, 1.807) is 11.9 Å². The van der Waals surface area contributed by atoms with Gasteiger partial charge in [-0.2, -0.15) is 0 Å². The van der Waals surface area contributed by atoms with Crippen LogP contribution in [0, 0.1) is 37.5 Å². The lowest BCUT2D eigenvalue weighted by molar-refractivity contribution is -0.150. The number of para-hydroxylation sites is 1. The van der Waals surface area contributed by atoms with Gasteiger partial charge in [0.15, 0.2) is 0 Å². The van der Waals surface area contributed by atoms with Gasteiger partial charge in [0.2, 0.25) is 17.7 Å². The van der Waals surface area contributed by atoms with Crippen molar-refractivity contribution in [2.24, 2.45) is 23.7 Å². The fourth-order valence-electron chi connectivity index (χ4n) is 6.91. The third kappa shape index (κ3) is 3.51. The van der Waals surface area contributed by atoms with Crippen LogP contribution in [-0.4, -0.2) is 64.7 Å². The first-order chi connectivity index (χ1) is 16.5. The molecular formula is C27H39N3O5. The largest absolute Gasteiger partial charge is 0.394 e. The zero-order chi connectivity index (χ0) is 25.9. The third-order valence-corrected chi connectivity index (χ3v) is 9.10. The van der Waals surface area contributed by atoms with E-state index in [2.05, 4.69) is 10.6 Å². The summed E-state index contributed by atoms with van der Waals surface area (Å²) in [6.07, 6.45) is 1.22. The third-order valence-electron chi connectivity index (χ3n) is 9.10. The first kappa shape index (κ1) is 25.6. The van der Waals surface area contributed by atoms with E-state index in [1.807, 2.05) is 59.7 Å². The number of carbonyl (C=O) groups excluding carboxylic acids is 3. The van der Waals surface area contributed by atoms with E-state index in [9.17, 15) is 19.5 Å². The van der Waals surface area contributed by atoms with Gasteiger partial charge in [0.1, 0.15) is 11.6 Å². The van der Waals surface area contributed by atoms with Crippen molar-refractivity contribution in [2.45, 2.75) is 77.7 Å². The number of rotatable bonds is 7. The highest BCUT2D eigenvalue weighted by Crippen LogP contribution is 2.65. The second kappa shape index (κ2) is 8.89. The van der Waals surface area contributed by atoms with Crippen molar-refractivity contribution in [3.63, 3.8) is 0 Å². The van der Waals surface area contributed by atoms with Gasteiger partial charge < -0.3 is 25.4 Å². The molecule has 3 unspecified atom stereocenters. The second-order valence-electron chi connectivity index (χ2n) is 11.0. The number of benzene rings is 1. The summed E-state index contributed by atoms with van der Waals surface area (Å²) in [5.41, 5.74) is 0.565. The molecule has 8 nitrogen and oxygen atoms in total. The van der Waals surface area contributed by atoms with Crippen LogP contribution in [0.4, 0.5) is 5.69 Å². The van der Waals surface area contributed by atoms with Gasteiger partial charge in [0.25, 0.3) is 0 Å². The van der Waals surface area contributed by atoms with Crippen molar-refractivity contribution in [1.29, 1.82) is 0 Å². The summed E-state index contributed by atoms with van der Waals surface area (Å²) in [5, 5.41) is 16.2. The monoisotopic (exact) mass is 485 g/mol. The maximum absolute atomic E-state index is 14.1. The van der Waals surface area contributed by atoms with Crippen LogP contribution in [0.25, 0.3) is 0 Å². The number of aliphatic hydroxyl groups is 1. The molecule has 3 heterocycles. The Hall–Kier alpha value is -2.45. The molecule has 8 heteroatoms. The number of anilines is 1. The Kier molecular flexibility index (Phi) is 6.51. The predicted octanol–water partition coefficient (Wildman–Crippen LogP) is 2.41. The molecule has 3 saturated heterocycles. The van der Waals surface area contributed by atoms with Crippen molar-refractivity contribution >= 4 is 23.4 Å². The summed E-state index contributed by atoms with van der Waals surface area (Å²) in [5.74, 6) is -2.43. The van der Waals surface area contributed by atoms with Gasteiger partial charge in [0, 0.05) is 12.7 Å². The fraction of sp³-hybridized carbons (Fsp3) is 0.667. The lowest BCUT2D eigenvalue weighted by Crippen LogP contribution is -2.57. The van der Waals surface area contributed by atoms with E-state index < -0.39 is 35.1 Å². The Bertz CT molecular complexity index is 1020. The fourth-order valence-corrected chi connectivity index (χ4v) is 6.91. The van der Waals surface area contributed by atoms with Crippen molar-refractivity contribution < 1.29 is 24.2 Å². The molecule has 3 aliphatic rings. The molecule has 35 heavy (non-hydrogen) atoms. The number of nitrogens with zero attached hydrogens (tertiary/aromatic N) is 1. The lowest BCUT2D eigenvalue weighted by atomic mass is 9.62. The van der Waals surface area contributed by atoms with Crippen LogP contribution in [0.3, 0.4) is 0 Å².